The van der Waals surface area contributed by atoms with Crippen LogP contribution in [0.4, 0.5) is 18.9 Å². The van der Waals surface area contributed by atoms with Gasteiger partial charge in [-0.15, -0.1) is 0 Å². The number of alkyl halides is 3. The number of hydrogen-bond acceptors (Lipinski definition) is 3. The van der Waals surface area contributed by atoms with E-state index in [0.717, 1.165) is 0 Å². The summed E-state index contributed by atoms with van der Waals surface area (Å²) in [5.41, 5.74) is 5.89. The second-order valence-electron chi connectivity index (χ2n) is 3.16. The van der Waals surface area contributed by atoms with Crippen LogP contribution in [0.3, 0.4) is 0 Å². The van der Waals surface area contributed by atoms with E-state index in [2.05, 4.69) is 0 Å². The summed E-state index contributed by atoms with van der Waals surface area (Å²) in [6.45, 7) is -0.434. The molecule has 0 unspecified atom stereocenters. The second-order valence-corrected chi connectivity index (χ2v) is 3.16. The molecule has 0 saturated heterocycles. The predicted molar refractivity (Wildman–Crippen MR) is 53.6 cm³/mol. The van der Waals surface area contributed by atoms with Crippen molar-refractivity contribution in [2.45, 2.75) is 12.6 Å². The third kappa shape index (κ3) is 4.29. The van der Waals surface area contributed by atoms with E-state index in [-0.39, 0.29) is 5.75 Å². The zero-order valence-electron chi connectivity index (χ0n) is 8.67. The first kappa shape index (κ1) is 12.5. The number of nitrogen functional groups attached to an aromatic ring is 1. The van der Waals surface area contributed by atoms with E-state index in [1.165, 1.54) is 19.2 Å². The first-order chi connectivity index (χ1) is 7.40. The smallest absolute Gasteiger partial charge is 0.392 e. The monoisotopic (exact) mass is 235 g/mol. The Kier molecular flexibility index (Phi) is 3.87. The number of hydrogen-bond donors (Lipinski definition) is 1. The highest BCUT2D eigenvalue weighted by molar-refractivity contribution is 5.50. The Balaban J connectivity index is 2.57. The Morgan fingerprint density at radius 2 is 1.81 bits per heavy atom. The molecule has 0 spiro atoms. The van der Waals surface area contributed by atoms with E-state index in [1.54, 1.807) is 6.07 Å². The SMILES string of the molecule is COc1cc(N)cc(OCCC(F)(F)F)c1. The van der Waals surface area contributed by atoms with Crippen LogP contribution in [-0.2, 0) is 0 Å². The molecule has 6 heteroatoms. The van der Waals surface area contributed by atoms with Crippen molar-refractivity contribution < 1.29 is 22.6 Å². The fraction of sp³-hybridized carbons (Fsp3) is 0.400. The van der Waals surface area contributed by atoms with Gasteiger partial charge in [-0.05, 0) is 0 Å². The molecule has 0 atom stereocenters. The summed E-state index contributed by atoms with van der Waals surface area (Å²) >= 11 is 0. The summed E-state index contributed by atoms with van der Waals surface area (Å²) < 4.78 is 45.4. The quantitative estimate of drug-likeness (QED) is 0.816. The molecule has 2 N–H and O–H groups in total. The molecular weight excluding hydrogens is 223 g/mol. The average molecular weight is 235 g/mol. The van der Waals surface area contributed by atoms with E-state index >= 15 is 0 Å². The zero-order valence-corrected chi connectivity index (χ0v) is 8.67. The van der Waals surface area contributed by atoms with Crippen LogP contribution in [-0.4, -0.2) is 19.9 Å². The van der Waals surface area contributed by atoms with Crippen LogP contribution in [0, 0.1) is 0 Å². The van der Waals surface area contributed by atoms with Crippen LogP contribution < -0.4 is 15.2 Å². The van der Waals surface area contributed by atoms with Crippen molar-refractivity contribution in [1.82, 2.24) is 0 Å². The minimum absolute atomic E-state index is 0.265. The van der Waals surface area contributed by atoms with Gasteiger partial charge in [-0.3, -0.25) is 0 Å². The van der Waals surface area contributed by atoms with Gasteiger partial charge in [-0.25, -0.2) is 0 Å². The minimum atomic E-state index is -4.22. The number of nitrogens with two attached hydrogens (primary N) is 1. The summed E-state index contributed by atoms with van der Waals surface area (Å²) in [6, 6.07) is 4.47. The van der Waals surface area contributed by atoms with Crippen LogP contribution >= 0.6 is 0 Å². The van der Waals surface area contributed by atoms with Crippen molar-refractivity contribution in [3.05, 3.63) is 18.2 Å². The Labute approximate surface area is 91.0 Å². The highest BCUT2D eigenvalue weighted by Gasteiger charge is 2.26. The number of halogens is 3. The third-order valence-electron chi connectivity index (χ3n) is 1.79. The first-order valence-electron chi connectivity index (χ1n) is 4.55. The van der Waals surface area contributed by atoms with Crippen LogP contribution in [0.15, 0.2) is 18.2 Å². The minimum Gasteiger partial charge on any atom is -0.497 e. The lowest BCUT2D eigenvalue weighted by Crippen LogP contribution is -2.13. The largest absolute Gasteiger partial charge is 0.497 e. The molecule has 0 bridgehead atoms. The van der Waals surface area contributed by atoms with Gasteiger partial charge in [0.1, 0.15) is 11.5 Å². The van der Waals surface area contributed by atoms with Gasteiger partial charge in [-0.1, -0.05) is 0 Å². The summed E-state index contributed by atoms with van der Waals surface area (Å²) in [5, 5.41) is 0. The number of ether oxygens (including phenoxy) is 2. The molecule has 0 fully saturated rings. The van der Waals surface area contributed by atoms with E-state index in [0.29, 0.717) is 11.4 Å². The molecular formula is C10H12F3NO2. The lowest BCUT2D eigenvalue weighted by atomic mass is 10.3. The summed E-state index contributed by atoms with van der Waals surface area (Å²) in [6.07, 6.45) is -5.21. The van der Waals surface area contributed by atoms with Gasteiger partial charge in [-0.2, -0.15) is 13.2 Å². The molecule has 16 heavy (non-hydrogen) atoms. The maximum absolute atomic E-state index is 11.9. The summed E-state index contributed by atoms with van der Waals surface area (Å²) in [7, 11) is 1.44. The molecule has 1 aromatic carbocycles. The number of anilines is 1. The van der Waals surface area contributed by atoms with Crippen LogP contribution in [0.25, 0.3) is 0 Å². The average Bonchev–Trinajstić information content (AvgIpc) is 2.14. The van der Waals surface area contributed by atoms with Gasteiger partial charge in [0.2, 0.25) is 0 Å². The molecule has 90 valence electrons. The number of methoxy groups -OCH3 is 1. The Morgan fingerprint density at radius 3 is 2.38 bits per heavy atom. The van der Waals surface area contributed by atoms with Gasteiger partial charge in [0.05, 0.1) is 20.1 Å². The van der Waals surface area contributed by atoms with Crippen LogP contribution in [0.5, 0.6) is 11.5 Å². The molecule has 0 aliphatic heterocycles. The molecule has 1 aromatic rings. The standard InChI is InChI=1S/C10H12F3NO2/c1-15-8-4-7(14)5-9(6-8)16-3-2-10(11,12)13/h4-6H,2-3,14H2,1H3. The fourth-order valence-corrected chi connectivity index (χ4v) is 1.08. The molecule has 0 aliphatic rings. The second kappa shape index (κ2) is 4.96. The third-order valence-corrected chi connectivity index (χ3v) is 1.79. The van der Waals surface area contributed by atoms with Crippen molar-refractivity contribution >= 4 is 5.69 Å². The first-order valence-corrected chi connectivity index (χ1v) is 4.55. The van der Waals surface area contributed by atoms with Crippen LogP contribution in [0.1, 0.15) is 6.42 Å². The maximum Gasteiger partial charge on any atom is 0.392 e. The van der Waals surface area contributed by atoms with Crippen LogP contribution in [0.2, 0.25) is 0 Å². The summed E-state index contributed by atoms with van der Waals surface area (Å²) in [4.78, 5) is 0. The van der Waals surface area contributed by atoms with E-state index in [4.69, 9.17) is 15.2 Å². The van der Waals surface area contributed by atoms with Gasteiger partial charge >= 0.3 is 6.18 Å². The molecule has 1 rings (SSSR count). The number of rotatable bonds is 4. The van der Waals surface area contributed by atoms with Crippen molar-refractivity contribution in [2.24, 2.45) is 0 Å². The highest BCUT2D eigenvalue weighted by Crippen LogP contribution is 2.25. The molecule has 0 saturated carbocycles. The van der Waals surface area contributed by atoms with Gasteiger partial charge < -0.3 is 15.2 Å². The normalized spacial score (nSPS) is 11.2. The van der Waals surface area contributed by atoms with Crippen molar-refractivity contribution in [3.8, 4) is 11.5 Å². The van der Waals surface area contributed by atoms with E-state index in [1.807, 2.05) is 0 Å². The Bertz CT molecular complexity index is 352. The molecule has 0 aromatic heterocycles. The molecule has 0 amide bonds. The van der Waals surface area contributed by atoms with E-state index in [9.17, 15) is 13.2 Å². The zero-order chi connectivity index (χ0) is 12.2. The maximum atomic E-state index is 11.9. The summed E-state index contributed by atoms with van der Waals surface area (Å²) in [5.74, 6) is 0.711. The Morgan fingerprint density at radius 1 is 1.19 bits per heavy atom. The molecule has 0 aliphatic carbocycles. The van der Waals surface area contributed by atoms with Crippen molar-refractivity contribution in [2.75, 3.05) is 19.5 Å². The molecule has 3 nitrogen and oxygen atoms in total. The number of benzene rings is 1. The topological polar surface area (TPSA) is 44.5 Å². The lowest BCUT2D eigenvalue weighted by Gasteiger charge is -2.10. The van der Waals surface area contributed by atoms with Crippen molar-refractivity contribution in [1.29, 1.82) is 0 Å². The molecule has 0 heterocycles. The fourth-order valence-electron chi connectivity index (χ4n) is 1.08. The lowest BCUT2D eigenvalue weighted by molar-refractivity contribution is -0.139. The predicted octanol–water partition coefficient (Wildman–Crippen LogP) is 2.61. The van der Waals surface area contributed by atoms with Crippen molar-refractivity contribution in [3.63, 3.8) is 0 Å². The van der Waals surface area contributed by atoms with Gasteiger partial charge in [0, 0.05) is 23.9 Å². The highest BCUT2D eigenvalue weighted by atomic mass is 19.4. The van der Waals surface area contributed by atoms with Gasteiger partial charge in [0.15, 0.2) is 0 Å². The van der Waals surface area contributed by atoms with E-state index < -0.39 is 19.2 Å². The molecule has 0 radical (unpaired) electrons. The Hall–Kier alpha value is -1.59. The van der Waals surface area contributed by atoms with Gasteiger partial charge in [0.25, 0.3) is 0 Å².